The molecule has 0 atom stereocenters. The van der Waals surface area contributed by atoms with Gasteiger partial charge in [-0.15, -0.1) is 0 Å². The van der Waals surface area contributed by atoms with E-state index in [-0.39, 0.29) is 0 Å². The van der Waals surface area contributed by atoms with Crippen LogP contribution in [0.25, 0.3) is 0 Å². The van der Waals surface area contributed by atoms with Crippen LogP contribution in [0.15, 0.2) is 24.3 Å². The molecule has 15 heavy (non-hydrogen) atoms. The molecule has 0 heteroatoms. The molecular weight excluding hydrogens is 180 g/mol. The summed E-state index contributed by atoms with van der Waals surface area (Å²) < 4.78 is 0. The average molecular weight is 204 g/mol. The third kappa shape index (κ3) is 4.51. The van der Waals surface area contributed by atoms with Gasteiger partial charge in [-0.05, 0) is 42.2 Å². The van der Waals surface area contributed by atoms with Crippen LogP contribution in [-0.4, -0.2) is 0 Å². The zero-order chi connectivity index (χ0) is 11.3. The van der Waals surface area contributed by atoms with E-state index in [2.05, 4.69) is 52.0 Å². The maximum Gasteiger partial charge on any atom is -0.0253 e. The van der Waals surface area contributed by atoms with Crippen LogP contribution in [-0.2, 0) is 12.8 Å². The van der Waals surface area contributed by atoms with Gasteiger partial charge in [0.2, 0.25) is 0 Å². The summed E-state index contributed by atoms with van der Waals surface area (Å²) in [6.45, 7) is 9.18. The minimum Gasteiger partial charge on any atom is -0.0628 e. The molecule has 1 aromatic carbocycles. The first-order valence-corrected chi connectivity index (χ1v) is 6.16. The van der Waals surface area contributed by atoms with E-state index in [1.807, 2.05) is 0 Å². The molecule has 0 spiro atoms. The van der Waals surface area contributed by atoms with Crippen molar-refractivity contribution in [1.82, 2.24) is 0 Å². The van der Waals surface area contributed by atoms with Crippen LogP contribution in [0.4, 0.5) is 0 Å². The zero-order valence-electron chi connectivity index (χ0n) is 10.6. The van der Waals surface area contributed by atoms with Crippen molar-refractivity contribution < 1.29 is 0 Å². The predicted octanol–water partition coefficient (Wildman–Crippen LogP) is 4.47. The van der Waals surface area contributed by atoms with Gasteiger partial charge in [0.1, 0.15) is 0 Å². The van der Waals surface area contributed by atoms with Crippen molar-refractivity contribution in [1.29, 1.82) is 0 Å². The van der Waals surface area contributed by atoms with Gasteiger partial charge in [0.05, 0.1) is 0 Å². The van der Waals surface area contributed by atoms with E-state index in [1.54, 1.807) is 11.1 Å². The fraction of sp³-hybridized carbons (Fsp3) is 0.600. The highest BCUT2D eigenvalue weighted by atomic mass is 14.1. The molecule has 0 N–H and O–H groups in total. The van der Waals surface area contributed by atoms with Crippen molar-refractivity contribution in [3.63, 3.8) is 0 Å². The van der Waals surface area contributed by atoms with Crippen molar-refractivity contribution in [3.05, 3.63) is 35.4 Å². The molecule has 84 valence electrons. The van der Waals surface area contributed by atoms with Crippen LogP contribution in [0, 0.1) is 11.8 Å². The quantitative estimate of drug-likeness (QED) is 0.663. The summed E-state index contributed by atoms with van der Waals surface area (Å²) in [5.74, 6) is 1.56. The number of rotatable bonds is 5. The molecular formula is C15H24. The lowest BCUT2D eigenvalue weighted by Gasteiger charge is -2.12. The molecule has 0 aliphatic carbocycles. The Hall–Kier alpha value is -0.780. The number of hydrogen-bond acceptors (Lipinski definition) is 0. The van der Waals surface area contributed by atoms with Crippen LogP contribution in [0.5, 0.6) is 0 Å². The SMILES string of the molecule is CC(C)CCc1ccccc1CC(C)C. The first-order valence-electron chi connectivity index (χ1n) is 6.16. The zero-order valence-corrected chi connectivity index (χ0v) is 10.6. The number of hydrogen-bond donors (Lipinski definition) is 0. The van der Waals surface area contributed by atoms with Crippen LogP contribution in [0.3, 0.4) is 0 Å². The molecule has 0 heterocycles. The Morgan fingerprint density at radius 1 is 0.867 bits per heavy atom. The minimum absolute atomic E-state index is 0.755. The molecule has 0 saturated carbocycles. The molecule has 0 amide bonds. The summed E-state index contributed by atoms with van der Waals surface area (Å²) in [6.07, 6.45) is 3.75. The molecule has 1 aromatic rings. The van der Waals surface area contributed by atoms with E-state index in [9.17, 15) is 0 Å². The second-order valence-electron chi connectivity index (χ2n) is 5.30. The molecule has 0 saturated heterocycles. The Kier molecular flexibility index (Phi) is 4.87. The Bertz CT molecular complexity index is 284. The summed E-state index contributed by atoms with van der Waals surface area (Å²) in [7, 11) is 0. The van der Waals surface area contributed by atoms with E-state index >= 15 is 0 Å². The summed E-state index contributed by atoms with van der Waals surface area (Å²) in [5.41, 5.74) is 3.10. The van der Waals surface area contributed by atoms with Gasteiger partial charge in [-0.25, -0.2) is 0 Å². The summed E-state index contributed by atoms with van der Waals surface area (Å²) in [5, 5.41) is 0. The van der Waals surface area contributed by atoms with Gasteiger partial charge >= 0.3 is 0 Å². The molecule has 0 bridgehead atoms. The van der Waals surface area contributed by atoms with Gasteiger partial charge < -0.3 is 0 Å². The van der Waals surface area contributed by atoms with E-state index in [0.717, 1.165) is 11.8 Å². The smallest absolute Gasteiger partial charge is 0.0253 e. The third-order valence-electron chi connectivity index (χ3n) is 2.74. The molecule has 0 unspecified atom stereocenters. The lowest BCUT2D eigenvalue weighted by molar-refractivity contribution is 0.580. The third-order valence-corrected chi connectivity index (χ3v) is 2.74. The summed E-state index contributed by atoms with van der Waals surface area (Å²) in [4.78, 5) is 0. The van der Waals surface area contributed by atoms with E-state index < -0.39 is 0 Å². The highest BCUT2D eigenvalue weighted by Crippen LogP contribution is 2.17. The van der Waals surface area contributed by atoms with E-state index in [1.165, 1.54) is 19.3 Å². The van der Waals surface area contributed by atoms with Gasteiger partial charge in [0.25, 0.3) is 0 Å². The predicted molar refractivity (Wildman–Crippen MR) is 68.1 cm³/mol. The first kappa shape index (κ1) is 12.3. The standard InChI is InChI=1S/C15H24/c1-12(2)9-10-14-7-5-6-8-15(14)11-13(3)4/h5-8,12-13H,9-11H2,1-4H3. The van der Waals surface area contributed by atoms with Crippen molar-refractivity contribution in [3.8, 4) is 0 Å². The van der Waals surface area contributed by atoms with Crippen LogP contribution < -0.4 is 0 Å². The second kappa shape index (κ2) is 5.95. The normalized spacial score (nSPS) is 11.3. The van der Waals surface area contributed by atoms with Crippen LogP contribution >= 0.6 is 0 Å². The number of benzene rings is 1. The van der Waals surface area contributed by atoms with Gasteiger partial charge in [0, 0.05) is 0 Å². The Labute approximate surface area is 94.7 Å². The van der Waals surface area contributed by atoms with Crippen molar-refractivity contribution >= 4 is 0 Å². The van der Waals surface area contributed by atoms with Crippen molar-refractivity contribution in [2.24, 2.45) is 11.8 Å². The summed E-state index contributed by atoms with van der Waals surface area (Å²) >= 11 is 0. The second-order valence-corrected chi connectivity index (χ2v) is 5.30. The van der Waals surface area contributed by atoms with Gasteiger partial charge in [-0.3, -0.25) is 0 Å². The van der Waals surface area contributed by atoms with Gasteiger partial charge in [0.15, 0.2) is 0 Å². The molecule has 0 nitrogen and oxygen atoms in total. The van der Waals surface area contributed by atoms with Crippen LogP contribution in [0.1, 0.15) is 45.2 Å². The Morgan fingerprint density at radius 3 is 2.00 bits per heavy atom. The number of aryl methyl sites for hydroxylation is 1. The molecule has 0 fully saturated rings. The maximum absolute atomic E-state index is 2.30. The minimum atomic E-state index is 0.755. The van der Waals surface area contributed by atoms with Crippen molar-refractivity contribution in [2.75, 3.05) is 0 Å². The fourth-order valence-electron chi connectivity index (χ4n) is 1.88. The first-order chi connectivity index (χ1) is 7.09. The monoisotopic (exact) mass is 204 g/mol. The van der Waals surface area contributed by atoms with Gasteiger partial charge in [-0.2, -0.15) is 0 Å². The molecule has 1 rings (SSSR count). The fourth-order valence-corrected chi connectivity index (χ4v) is 1.88. The molecule has 0 aromatic heterocycles. The molecule has 0 aliphatic heterocycles. The highest BCUT2D eigenvalue weighted by Gasteiger charge is 2.04. The topological polar surface area (TPSA) is 0 Å². The molecule has 0 radical (unpaired) electrons. The molecule has 0 aliphatic rings. The highest BCUT2D eigenvalue weighted by molar-refractivity contribution is 5.27. The van der Waals surface area contributed by atoms with Gasteiger partial charge in [-0.1, -0.05) is 52.0 Å². The lowest BCUT2D eigenvalue weighted by Crippen LogP contribution is -2.01. The van der Waals surface area contributed by atoms with Crippen LogP contribution in [0.2, 0.25) is 0 Å². The lowest BCUT2D eigenvalue weighted by atomic mass is 9.93. The van der Waals surface area contributed by atoms with Crippen molar-refractivity contribution in [2.45, 2.75) is 47.0 Å². The summed E-state index contributed by atoms with van der Waals surface area (Å²) in [6, 6.07) is 8.91. The Balaban J connectivity index is 2.68. The Morgan fingerprint density at radius 2 is 1.47 bits per heavy atom. The van der Waals surface area contributed by atoms with E-state index in [0.29, 0.717) is 0 Å². The maximum atomic E-state index is 2.30. The largest absolute Gasteiger partial charge is 0.0628 e. The van der Waals surface area contributed by atoms with E-state index in [4.69, 9.17) is 0 Å². The average Bonchev–Trinajstić information content (AvgIpc) is 2.15.